The van der Waals surface area contributed by atoms with Gasteiger partial charge in [0, 0.05) is 17.7 Å². The maximum atomic E-state index is 12.9. The first-order valence-electron chi connectivity index (χ1n) is 7.36. The fraction of sp³-hybridized carbons (Fsp3) is 0.176. The molecule has 3 rings (SSSR count). The summed E-state index contributed by atoms with van der Waals surface area (Å²) in [5.74, 6) is -0.437. The molecule has 0 radical (unpaired) electrons. The molecule has 1 heterocycles. The molecule has 6 nitrogen and oxygen atoms in total. The average Bonchev–Trinajstić information content (AvgIpc) is 2.56. The third-order valence-electron chi connectivity index (χ3n) is 3.72. The first-order chi connectivity index (χ1) is 11.5. The third-order valence-corrected chi connectivity index (χ3v) is 3.72. The highest BCUT2D eigenvalue weighted by atomic mass is 35.5. The average molecular weight is 367 g/mol. The van der Waals surface area contributed by atoms with E-state index in [1.165, 1.54) is 24.3 Å². The third kappa shape index (κ3) is 4.19. The van der Waals surface area contributed by atoms with Crippen LogP contribution in [0.4, 0.5) is 14.9 Å². The van der Waals surface area contributed by atoms with Gasteiger partial charge in [0.15, 0.2) is 0 Å². The van der Waals surface area contributed by atoms with Gasteiger partial charge in [-0.1, -0.05) is 12.1 Å². The van der Waals surface area contributed by atoms with E-state index >= 15 is 0 Å². The first-order valence-corrected chi connectivity index (χ1v) is 7.36. The van der Waals surface area contributed by atoms with Gasteiger partial charge in [-0.15, -0.1) is 12.4 Å². The highest BCUT2D eigenvalue weighted by Crippen LogP contribution is 2.35. The Morgan fingerprint density at radius 1 is 1.16 bits per heavy atom. The lowest BCUT2D eigenvalue weighted by molar-refractivity contribution is 0.102. The molecule has 1 aliphatic heterocycles. The minimum Gasteiger partial charge on any atom is -0.492 e. The van der Waals surface area contributed by atoms with Crippen LogP contribution in [-0.4, -0.2) is 23.7 Å². The molecule has 8 heteroatoms. The van der Waals surface area contributed by atoms with Crippen molar-refractivity contribution in [2.45, 2.75) is 12.5 Å². The predicted octanol–water partition coefficient (Wildman–Crippen LogP) is 3.59. The zero-order chi connectivity index (χ0) is 17.1. The second-order valence-electron chi connectivity index (χ2n) is 5.32. The molecule has 3 N–H and O–H groups in total. The second-order valence-corrected chi connectivity index (χ2v) is 5.32. The van der Waals surface area contributed by atoms with Gasteiger partial charge in [0.05, 0.1) is 18.2 Å². The highest BCUT2D eigenvalue weighted by molar-refractivity contribution is 6.06. The zero-order valence-corrected chi connectivity index (χ0v) is 13.8. The molecule has 0 saturated heterocycles. The Kier molecular flexibility index (Phi) is 5.82. The number of ether oxygens (including phenoxy) is 1. The number of nitrogens with one attached hydrogen (secondary N) is 2. The minimum absolute atomic E-state index is 0. The summed E-state index contributed by atoms with van der Waals surface area (Å²) in [5, 5.41) is 14.0. The van der Waals surface area contributed by atoms with Gasteiger partial charge in [-0.05, 0) is 30.3 Å². The van der Waals surface area contributed by atoms with Crippen LogP contribution < -0.4 is 15.4 Å². The topological polar surface area (TPSA) is 87.7 Å². The van der Waals surface area contributed by atoms with E-state index in [1.807, 2.05) is 0 Å². The number of fused-ring (bicyclic) bond motifs is 1. The molecule has 0 aliphatic carbocycles. The molecule has 1 atom stereocenters. The summed E-state index contributed by atoms with van der Waals surface area (Å²) in [5.41, 5.74) is 1.37. The molecule has 0 spiro atoms. The monoisotopic (exact) mass is 366 g/mol. The smallest absolute Gasteiger partial charge is 0.405 e. The number of carboxylic acid groups (broad SMARTS) is 1. The van der Waals surface area contributed by atoms with Crippen LogP contribution in [0.1, 0.15) is 28.4 Å². The van der Waals surface area contributed by atoms with Crippen LogP contribution in [0.5, 0.6) is 5.75 Å². The van der Waals surface area contributed by atoms with E-state index in [-0.39, 0.29) is 12.4 Å². The van der Waals surface area contributed by atoms with Gasteiger partial charge in [0.2, 0.25) is 0 Å². The molecular weight excluding hydrogens is 351 g/mol. The van der Waals surface area contributed by atoms with Gasteiger partial charge < -0.3 is 20.5 Å². The Morgan fingerprint density at radius 3 is 2.56 bits per heavy atom. The van der Waals surface area contributed by atoms with Crippen molar-refractivity contribution in [3.05, 3.63) is 59.4 Å². The Balaban J connectivity index is 0.00000225. The van der Waals surface area contributed by atoms with Crippen LogP contribution >= 0.6 is 12.4 Å². The predicted molar refractivity (Wildman–Crippen MR) is 92.1 cm³/mol. The number of hydrogen-bond acceptors (Lipinski definition) is 3. The zero-order valence-electron chi connectivity index (χ0n) is 13.0. The molecule has 0 fully saturated rings. The lowest BCUT2D eigenvalue weighted by Crippen LogP contribution is -2.31. The molecular formula is C17H16ClFN2O4. The van der Waals surface area contributed by atoms with Crippen molar-refractivity contribution in [2.24, 2.45) is 0 Å². The minimum atomic E-state index is -1.13. The van der Waals surface area contributed by atoms with Crippen molar-refractivity contribution in [3.8, 4) is 5.75 Å². The normalized spacial score (nSPS) is 15.2. The first kappa shape index (κ1) is 18.5. The lowest BCUT2D eigenvalue weighted by Gasteiger charge is -2.27. The van der Waals surface area contributed by atoms with E-state index in [4.69, 9.17) is 9.84 Å². The van der Waals surface area contributed by atoms with Crippen LogP contribution in [0, 0.1) is 5.82 Å². The second kappa shape index (κ2) is 7.85. The van der Waals surface area contributed by atoms with Gasteiger partial charge in [-0.2, -0.15) is 0 Å². The molecule has 2 aromatic carbocycles. The van der Waals surface area contributed by atoms with Crippen molar-refractivity contribution < 1.29 is 23.8 Å². The summed E-state index contributed by atoms with van der Waals surface area (Å²) in [7, 11) is 0. The van der Waals surface area contributed by atoms with E-state index in [2.05, 4.69) is 10.6 Å². The van der Waals surface area contributed by atoms with E-state index < -0.39 is 23.9 Å². The SMILES string of the molecule is Cl.O=C(O)NC1CCOc2c(C(=O)Nc3ccc(F)cc3)cccc21. The number of halogens is 2. The van der Waals surface area contributed by atoms with Crippen molar-refractivity contribution in [1.29, 1.82) is 0 Å². The summed E-state index contributed by atoms with van der Waals surface area (Å²) >= 11 is 0. The number of carbonyl (C=O) groups excluding carboxylic acids is 1. The number of benzene rings is 2. The molecule has 0 bridgehead atoms. The number of para-hydroxylation sites is 1. The Bertz CT molecular complexity index is 783. The van der Waals surface area contributed by atoms with Crippen LogP contribution in [0.25, 0.3) is 0 Å². The Labute approximate surface area is 149 Å². The largest absolute Gasteiger partial charge is 0.492 e. The fourth-order valence-electron chi connectivity index (χ4n) is 2.63. The fourth-order valence-corrected chi connectivity index (χ4v) is 2.63. The summed E-state index contributed by atoms with van der Waals surface area (Å²) in [6, 6.07) is 9.98. The van der Waals surface area contributed by atoms with Crippen LogP contribution in [-0.2, 0) is 0 Å². The molecule has 0 saturated carbocycles. The molecule has 2 aromatic rings. The number of amides is 2. The van der Waals surface area contributed by atoms with Crippen LogP contribution in [0.15, 0.2) is 42.5 Å². The summed E-state index contributed by atoms with van der Waals surface area (Å²) in [6.45, 7) is 0.304. The van der Waals surface area contributed by atoms with Crippen LogP contribution in [0.3, 0.4) is 0 Å². The van der Waals surface area contributed by atoms with Gasteiger partial charge in [-0.3, -0.25) is 4.79 Å². The molecule has 132 valence electrons. The van der Waals surface area contributed by atoms with Gasteiger partial charge in [0.1, 0.15) is 11.6 Å². The number of carbonyl (C=O) groups is 2. The van der Waals surface area contributed by atoms with E-state index in [0.29, 0.717) is 35.6 Å². The van der Waals surface area contributed by atoms with Crippen molar-refractivity contribution in [1.82, 2.24) is 5.32 Å². The van der Waals surface area contributed by atoms with Crippen LogP contribution in [0.2, 0.25) is 0 Å². The molecule has 25 heavy (non-hydrogen) atoms. The Morgan fingerprint density at radius 2 is 1.88 bits per heavy atom. The standard InChI is InChI=1S/C17H15FN2O4.ClH/c18-10-4-6-11(7-5-10)19-16(21)13-3-1-2-12-14(20-17(22)23)8-9-24-15(12)13;/h1-7,14,20H,8-9H2,(H,19,21)(H,22,23);1H. The van der Waals surface area contributed by atoms with Gasteiger partial charge in [-0.25, -0.2) is 9.18 Å². The maximum absolute atomic E-state index is 12.9. The summed E-state index contributed by atoms with van der Waals surface area (Å²) in [4.78, 5) is 23.4. The van der Waals surface area contributed by atoms with Crippen molar-refractivity contribution in [2.75, 3.05) is 11.9 Å². The summed E-state index contributed by atoms with van der Waals surface area (Å²) in [6.07, 6.45) is -0.642. The molecule has 1 aliphatic rings. The van der Waals surface area contributed by atoms with Gasteiger partial charge in [0.25, 0.3) is 5.91 Å². The molecule has 2 amide bonds. The molecule has 0 aromatic heterocycles. The maximum Gasteiger partial charge on any atom is 0.405 e. The number of hydrogen-bond donors (Lipinski definition) is 3. The number of rotatable bonds is 3. The van der Waals surface area contributed by atoms with E-state index in [0.717, 1.165) is 0 Å². The quantitative estimate of drug-likeness (QED) is 0.774. The van der Waals surface area contributed by atoms with Gasteiger partial charge >= 0.3 is 6.09 Å². The van der Waals surface area contributed by atoms with E-state index in [1.54, 1.807) is 18.2 Å². The molecule has 1 unspecified atom stereocenters. The summed E-state index contributed by atoms with van der Waals surface area (Å²) < 4.78 is 18.5. The van der Waals surface area contributed by atoms with E-state index in [9.17, 15) is 14.0 Å². The Hall–Kier alpha value is -2.80. The lowest BCUT2D eigenvalue weighted by atomic mass is 9.97. The number of anilines is 1. The highest BCUT2D eigenvalue weighted by Gasteiger charge is 2.27. The van der Waals surface area contributed by atoms with Crippen molar-refractivity contribution in [3.63, 3.8) is 0 Å². The van der Waals surface area contributed by atoms with Crippen molar-refractivity contribution >= 4 is 30.1 Å².